The summed E-state index contributed by atoms with van der Waals surface area (Å²) in [6, 6.07) is 57.7. The molecule has 11 rings (SSSR count). The Morgan fingerprint density at radius 3 is 2.20 bits per heavy atom. The molecule has 0 bridgehead atoms. The van der Waals surface area contributed by atoms with Crippen LogP contribution in [-0.4, -0.2) is 4.57 Å². The molecule has 0 radical (unpaired) electrons. The zero-order valence-corrected chi connectivity index (χ0v) is 27.6. The third kappa shape index (κ3) is 4.34. The highest BCUT2D eigenvalue weighted by Crippen LogP contribution is 2.42. The van der Waals surface area contributed by atoms with Crippen molar-refractivity contribution in [2.24, 2.45) is 0 Å². The summed E-state index contributed by atoms with van der Waals surface area (Å²) in [6.45, 7) is 0. The second-order valence-corrected chi connectivity index (χ2v) is 13.5. The van der Waals surface area contributed by atoms with Crippen LogP contribution in [0.3, 0.4) is 0 Å². The number of aromatic nitrogens is 1. The van der Waals surface area contributed by atoms with E-state index in [1.807, 2.05) is 24.3 Å². The van der Waals surface area contributed by atoms with Gasteiger partial charge in [-0.1, -0.05) is 91.0 Å². The van der Waals surface area contributed by atoms with Gasteiger partial charge in [0.2, 0.25) is 0 Å². The first-order chi connectivity index (χ1) is 25.3. The van der Waals surface area contributed by atoms with Gasteiger partial charge in [-0.2, -0.15) is 0 Å². The Bertz CT molecular complexity index is 3010. The SMILES string of the molecule is c1ccc(C2=Cc3c(n(-c4ccc5oc6ccc(-c7cccc8c7oc7ccccc78)cc6c5c4)c4ccc(-c5ccccc5)cc34)CC2)cc#1. The van der Waals surface area contributed by atoms with E-state index >= 15 is 0 Å². The molecule has 0 aliphatic heterocycles. The Balaban J connectivity index is 1.11. The van der Waals surface area contributed by atoms with Gasteiger partial charge in [0.15, 0.2) is 0 Å². The Kier molecular flexibility index (Phi) is 5.99. The minimum Gasteiger partial charge on any atom is -0.456 e. The van der Waals surface area contributed by atoms with Crippen LogP contribution in [0.5, 0.6) is 0 Å². The second kappa shape index (κ2) is 10.9. The molecule has 1 aliphatic rings. The number of hydrogen-bond acceptors (Lipinski definition) is 2. The summed E-state index contributed by atoms with van der Waals surface area (Å²) in [4.78, 5) is 0. The average molecular weight is 652 g/mol. The molecule has 3 nitrogen and oxygen atoms in total. The van der Waals surface area contributed by atoms with Crippen molar-refractivity contribution >= 4 is 66.4 Å². The highest BCUT2D eigenvalue weighted by Gasteiger charge is 2.23. The Hall–Kier alpha value is -6.76. The maximum Gasteiger partial charge on any atom is 0.143 e. The predicted octanol–water partition coefficient (Wildman–Crippen LogP) is 12.9. The van der Waals surface area contributed by atoms with Crippen LogP contribution < -0.4 is 0 Å². The zero-order chi connectivity index (χ0) is 33.5. The van der Waals surface area contributed by atoms with Gasteiger partial charge in [0.25, 0.3) is 0 Å². The van der Waals surface area contributed by atoms with Crippen LogP contribution in [0.4, 0.5) is 0 Å². The molecule has 3 heterocycles. The molecule has 1 aliphatic carbocycles. The van der Waals surface area contributed by atoms with E-state index in [9.17, 15) is 0 Å². The van der Waals surface area contributed by atoms with Gasteiger partial charge in [-0.15, -0.1) is 0 Å². The number of fused-ring (bicyclic) bond motifs is 9. The fourth-order valence-electron chi connectivity index (χ4n) is 8.20. The lowest BCUT2D eigenvalue weighted by atomic mass is 9.91. The van der Waals surface area contributed by atoms with E-state index in [-0.39, 0.29) is 0 Å². The van der Waals surface area contributed by atoms with Gasteiger partial charge in [0.05, 0.1) is 5.52 Å². The first-order valence-electron chi connectivity index (χ1n) is 17.5. The maximum atomic E-state index is 6.43. The molecule has 51 heavy (non-hydrogen) atoms. The molecule has 0 fully saturated rings. The third-order valence-electron chi connectivity index (χ3n) is 10.6. The van der Waals surface area contributed by atoms with Gasteiger partial charge in [0.1, 0.15) is 22.3 Å². The van der Waals surface area contributed by atoms with Crippen molar-refractivity contribution in [3.8, 4) is 27.9 Å². The van der Waals surface area contributed by atoms with Crippen LogP contribution in [0, 0.1) is 12.1 Å². The van der Waals surface area contributed by atoms with E-state index < -0.39 is 0 Å². The lowest BCUT2D eigenvalue weighted by Gasteiger charge is -2.17. The Morgan fingerprint density at radius 1 is 0.510 bits per heavy atom. The summed E-state index contributed by atoms with van der Waals surface area (Å²) in [6.07, 6.45) is 4.29. The molecule has 0 N–H and O–H groups in total. The summed E-state index contributed by atoms with van der Waals surface area (Å²) in [7, 11) is 0. The minimum absolute atomic E-state index is 0.874. The average Bonchev–Trinajstić information content (AvgIpc) is 3.87. The first kappa shape index (κ1) is 28.1. The molecule has 0 saturated heterocycles. The van der Waals surface area contributed by atoms with Crippen molar-refractivity contribution in [3.05, 3.63) is 175 Å². The molecule has 238 valence electrons. The summed E-state index contributed by atoms with van der Waals surface area (Å²) in [5.74, 6) is 0. The van der Waals surface area contributed by atoms with Crippen molar-refractivity contribution < 1.29 is 8.83 Å². The smallest absolute Gasteiger partial charge is 0.143 e. The maximum absolute atomic E-state index is 6.43. The van der Waals surface area contributed by atoms with Crippen molar-refractivity contribution in [1.29, 1.82) is 0 Å². The molecule has 3 aromatic heterocycles. The van der Waals surface area contributed by atoms with Gasteiger partial charge in [-0.25, -0.2) is 0 Å². The van der Waals surface area contributed by atoms with Crippen molar-refractivity contribution in [1.82, 2.24) is 4.57 Å². The van der Waals surface area contributed by atoms with Gasteiger partial charge in [-0.05, 0) is 113 Å². The molecule has 0 spiro atoms. The predicted molar refractivity (Wildman–Crippen MR) is 209 cm³/mol. The van der Waals surface area contributed by atoms with Crippen LogP contribution >= 0.6 is 0 Å². The molecular weight excluding hydrogens is 623 g/mol. The van der Waals surface area contributed by atoms with Crippen LogP contribution in [0.2, 0.25) is 0 Å². The minimum atomic E-state index is 0.874. The lowest BCUT2D eigenvalue weighted by molar-refractivity contribution is 0.668. The molecule has 0 amide bonds. The molecule has 10 aromatic rings. The van der Waals surface area contributed by atoms with E-state index in [4.69, 9.17) is 8.83 Å². The van der Waals surface area contributed by atoms with Crippen LogP contribution in [0.1, 0.15) is 23.2 Å². The quantitative estimate of drug-likeness (QED) is 0.190. The van der Waals surface area contributed by atoms with Crippen molar-refractivity contribution in [2.45, 2.75) is 12.8 Å². The fraction of sp³-hybridized carbons (Fsp3) is 0.0417. The topological polar surface area (TPSA) is 31.2 Å². The number of hydrogen-bond donors (Lipinski definition) is 0. The number of furan rings is 2. The van der Waals surface area contributed by atoms with E-state index in [1.54, 1.807) is 0 Å². The Morgan fingerprint density at radius 2 is 1.29 bits per heavy atom. The van der Waals surface area contributed by atoms with Gasteiger partial charge >= 0.3 is 0 Å². The normalized spacial score (nSPS) is 12.9. The van der Waals surface area contributed by atoms with Crippen LogP contribution in [0.15, 0.2) is 154 Å². The number of nitrogens with zero attached hydrogens (tertiary/aromatic N) is 1. The monoisotopic (exact) mass is 651 g/mol. The molecular formula is C48H29NO2. The van der Waals surface area contributed by atoms with E-state index in [0.29, 0.717) is 0 Å². The van der Waals surface area contributed by atoms with Gasteiger partial charge < -0.3 is 13.4 Å². The van der Waals surface area contributed by atoms with Crippen molar-refractivity contribution in [2.75, 3.05) is 0 Å². The Labute approximate surface area is 294 Å². The highest BCUT2D eigenvalue weighted by molar-refractivity contribution is 6.12. The second-order valence-electron chi connectivity index (χ2n) is 13.5. The standard InChI is InChI=1S/C48H29NO2/c1-3-10-30(11-4-1)32-18-22-43-39(26-32)40-27-33(31-12-5-2-6-13-31)19-23-44(40)49(43)35-21-25-47-42(29-35)41-28-34(20-24-46(41)50-47)36-15-9-16-38-37-14-7-8-17-45(37)51-48(36)38/h1,3-5,7-18,20-22,24-29H,19,23H2. The summed E-state index contributed by atoms with van der Waals surface area (Å²) >= 11 is 0. The van der Waals surface area contributed by atoms with Gasteiger partial charge in [0, 0.05) is 49.4 Å². The van der Waals surface area contributed by atoms with Crippen LogP contribution in [-0.2, 0) is 6.42 Å². The van der Waals surface area contributed by atoms with E-state index in [2.05, 4.69) is 144 Å². The lowest BCUT2D eigenvalue weighted by Crippen LogP contribution is -2.05. The molecule has 0 atom stereocenters. The molecule has 7 aromatic carbocycles. The van der Waals surface area contributed by atoms with Crippen LogP contribution in [0.25, 0.3) is 94.4 Å². The number of allylic oxidation sites excluding steroid dienone is 1. The van der Waals surface area contributed by atoms with Gasteiger partial charge in [-0.3, -0.25) is 0 Å². The molecule has 3 heteroatoms. The number of rotatable bonds is 4. The molecule has 0 unspecified atom stereocenters. The van der Waals surface area contributed by atoms with E-state index in [1.165, 1.54) is 44.4 Å². The third-order valence-corrected chi connectivity index (χ3v) is 10.6. The first-order valence-corrected chi connectivity index (χ1v) is 17.5. The highest BCUT2D eigenvalue weighted by atomic mass is 16.3. The zero-order valence-electron chi connectivity index (χ0n) is 27.6. The number of benzene rings is 6. The summed E-state index contributed by atoms with van der Waals surface area (Å²) in [5.41, 5.74) is 15.7. The van der Waals surface area contributed by atoms with Crippen molar-refractivity contribution in [3.63, 3.8) is 0 Å². The molecule has 0 saturated carbocycles. The fourth-order valence-corrected chi connectivity index (χ4v) is 8.20. The summed E-state index contributed by atoms with van der Waals surface area (Å²) < 4.78 is 15.3. The van der Waals surface area contributed by atoms with E-state index in [0.717, 1.165) is 73.5 Å². The largest absolute Gasteiger partial charge is 0.456 e. The number of para-hydroxylation sites is 2. The summed E-state index contributed by atoms with van der Waals surface area (Å²) in [5, 5.41) is 5.71.